The second-order valence-electron chi connectivity index (χ2n) is 7.67. The first-order chi connectivity index (χ1) is 12.2. The van der Waals surface area contributed by atoms with Gasteiger partial charge in [-0.1, -0.05) is 38.1 Å². The molecular weight excluding hydrogens is 310 g/mol. The van der Waals surface area contributed by atoms with Gasteiger partial charge in [0.2, 0.25) is 5.91 Å². The fourth-order valence-corrected chi connectivity index (χ4v) is 4.25. The highest BCUT2D eigenvalue weighted by Crippen LogP contribution is 2.28. The van der Waals surface area contributed by atoms with E-state index in [1.165, 1.54) is 24.0 Å². The van der Waals surface area contributed by atoms with Crippen LogP contribution in [0.3, 0.4) is 0 Å². The third-order valence-corrected chi connectivity index (χ3v) is 6.02. The molecule has 1 aromatic rings. The number of rotatable bonds is 5. The summed E-state index contributed by atoms with van der Waals surface area (Å²) in [7, 11) is 0. The molecule has 2 atom stereocenters. The Morgan fingerprint density at radius 2 is 1.88 bits per heavy atom. The summed E-state index contributed by atoms with van der Waals surface area (Å²) in [6.07, 6.45) is 4.16. The molecule has 3 rings (SSSR count). The summed E-state index contributed by atoms with van der Waals surface area (Å²) in [5, 5.41) is 6.88. The molecule has 4 heteroatoms. The van der Waals surface area contributed by atoms with Crippen molar-refractivity contribution >= 4 is 5.91 Å². The molecule has 2 N–H and O–H groups in total. The molecule has 25 heavy (non-hydrogen) atoms. The Hall–Kier alpha value is -1.39. The molecule has 2 aliphatic heterocycles. The van der Waals surface area contributed by atoms with Gasteiger partial charge in [-0.2, -0.15) is 0 Å². The first-order valence-electron chi connectivity index (χ1n) is 9.98. The van der Waals surface area contributed by atoms with Gasteiger partial charge in [0.1, 0.15) is 0 Å². The molecule has 2 saturated heterocycles. The maximum absolute atomic E-state index is 13.0. The van der Waals surface area contributed by atoms with Gasteiger partial charge >= 0.3 is 0 Å². The predicted molar refractivity (Wildman–Crippen MR) is 103 cm³/mol. The molecule has 2 fully saturated rings. The first-order valence-corrected chi connectivity index (χ1v) is 9.98. The average Bonchev–Trinajstić information content (AvgIpc) is 2.68. The number of piperidine rings is 1. The lowest BCUT2D eigenvalue weighted by molar-refractivity contribution is -0.136. The largest absolute Gasteiger partial charge is 0.333 e. The number of hydrogen-bond acceptors (Lipinski definition) is 3. The Labute approximate surface area is 152 Å². The summed E-state index contributed by atoms with van der Waals surface area (Å²) in [5.41, 5.74) is 2.61. The number of nitrogens with zero attached hydrogens (tertiary/aromatic N) is 1. The number of aryl methyl sites for hydroxylation is 1. The van der Waals surface area contributed by atoms with Gasteiger partial charge < -0.3 is 15.5 Å². The van der Waals surface area contributed by atoms with E-state index in [1.54, 1.807) is 0 Å². The Bertz CT molecular complexity index is 551. The average molecular weight is 344 g/mol. The summed E-state index contributed by atoms with van der Waals surface area (Å²) in [4.78, 5) is 15.2. The SMILES string of the molecule is CCc1ccc(C2CNCCN2C(=O)CC(C)C2CCNCC2)cc1. The maximum atomic E-state index is 13.0. The van der Waals surface area contributed by atoms with Gasteiger partial charge in [-0.15, -0.1) is 0 Å². The lowest BCUT2D eigenvalue weighted by atomic mass is 9.83. The summed E-state index contributed by atoms with van der Waals surface area (Å²) in [5.74, 6) is 1.50. The number of benzene rings is 1. The molecule has 0 bridgehead atoms. The van der Waals surface area contributed by atoms with E-state index in [2.05, 4.69) is 53.6 Å². The van der Waals surface area contributed by atoms with E-state index >= 15 is 0 Å². The predicted octanol–water partition coefficient (Wildman–Crippen LogP) is 2.75. The number of amides is 1. The molecule has 0 radical (unpaired) electrons. The monoisotopic (exact) mass is 343 g/mol. The standard InChI is InChI=1S/C21H33N3O/c1-3-17-4-6-19(7-5-17)20-15-23-12-13-24(20)21(25)14-16(2)18-8-10-22-11-9-18/h4-7,16,18,20,22-23H,3,8-15H2,1-2H3. The summed E-state index contributed by atoms with van der Waals surface area (Å²) in [6.45, 7) is 9.22. The molecule has 2 heterocycles. The number of hydrogen-bond donors (Lipinski definition) is 2. The van der Waals surface area contributed by atoms with Crippen LogP contribution in [0.1, 0.15) is 50.3 Å². The van der Waals surface area contributed by atoms with E-state index in [1.807, 2.05) is 0 Å². The number of piperazine rings is 1. The van der Waals surface area contributed by atoms with Gasteiger partial charge in [0.05, 0.1) is 6.04 Å². The highest BCUT2D eigenvalue weighted by atomic mass is 16.2. The Morgan fingerprint density at radius 1 is 1.16 bits per heavy atom. The van der Waals surface area contributed by atoms with Crippen molar-refractivity contribution in [2.24, 2.45) is 11.8 Å². The normalized spacial score (nSPS) is 23.4. The zero-order valence-electron chi connectivity index (χ0n) is 15.8. The lowest BCUT2D eigenvalue weighted by Crippen LogP contribution is -2.49. The first kappa shape index (κ1) is 18.4. The van der Waals surface area contributed by atoms with Crippen molar-refractivity contribution in [3.05, 3.63) is 35.4 Å². The van der Waals surface area contributed by atoms with Crippen LogP contribution in [-0.2, 0) is 11.2 Å². The van der Waals surface area contributed by atoms with Gasteiger partial charge in [-0.25, -0.2) is 0 Å². The minimum Gasteiger partial charge on any atom is -0.333 e. The van der Waals surface area contributed by atoms with E-state index in [4.69, 9.17) is 0 Å². The van der Waals surface area contributed by atoms with Gasteiger partial charge in [0, 0.05) is 26.1 Å². The number of carbonyl (C=O) groups is 1. The number of carbonyl (C=O) groups excluding carboxylic acids is 1. The van der Waals surface area contributed by atoms with Gasteiger partial charge in [0.25, 0.3) is 0 Å². The highest BCUT2D eigenvalue weighted by molar-refractivity contribution is 5.77. The van der Waals surface area contributed by atoms with Gasteiger partial charge in [-0.3, -0.25) is 4.79 Å². The van der Waals surface area contributed by atoms with Crippen LogP contribution in [-0.4, -0.2) is 43.5 Å². The van der Waals surface area contributed by atoms with Crippen molar-refractivity contribution in [3.63, 3.8) is 0 Å². The summed E-state index contributed by atoms with van der Waals surface area (Å²) in [6, 6.07) is 8.97. The van der Waals surface area contributed by atoms with Crippen molar-refractivity contribution in [2.75, 3.05) is 32.7 Å². The van der Waals surface area contributed by atoms with Crippen molar-refractivity contribution in [3.8, 4) is 0 Å². The van der Waals surface area contributed by atoms with Gasteiger partial charge in [0.15, 0.2) is 0 Å². The quantitative estimate of drug-likeness (QED) is 0.864. The molecule has 2 aliphatic rings. The van der Waals surface area contributed by atoms with Crippen LogP contribution in [0.2, 0.25) is 0 Å². The van der Waals surface area contributed by atoms with Crippen LogP contribution in [0.15, 0.2) is 24.3 Å². The Morgan fingerprint density at radius 3 is 2.56 bits per heavy atom. The van der Waals surface area contributed by atoms with E-state index in [0.29, 0.717) is 24.2 Å². The smallest absolute Gasteiger partial charge is 0.223 e. The van der Waals surface area contributed by atoms with Crippen LogP contribution in [0.5, 0.6) is 0 Å². The zero-order chi connectivity index (χ0) is 17.6. The number of nitrogens with one attached hydrogen (secondary N) is 2. The molecule has 0 aliphatic carbocycles. The van der Waals surface area contributed by atoms with E-state index in [9.17, 15) is 4.79 Å². The molecule has 2 unspecified atom stereocenters. The fraction of sp³-hybridized carbons (Fsp3) is 0.667. The van der Waals surface area contributed by atoms with E-state index in [-0.39, 0.29) is 6.04 Å². The van der Waals surface area contributed by atoms with Crippen molar-refractivity contribution in [2.45, 2.75) is 45.6 Å². The molecule has 138 valence electrons. The third kappa shape index (κ3) is 4.62. The topological polar surface area (TPSA) is 44.4 Å². The van der Waals surface area contributed by atoms with Crippen LogP contribution >= 0.6 is 0 Å². The Balaban J connectivity index is 1.65. The molecule has 0 aromatic heterocycles. The molecular formula is C21H33N3O. The maximum Gasteiger partial charge on any atom is 0.223 e. The van der Waals surface area contributed by atoms with Crippen LogP contribution in [0.4, 0.5) is 0 Å². The fourth-order valence-electron chi connectivity index (χ4n) is 4.25. The van der Waals surface area contributed by atoms with E-state index < -0.39 is 0 Å². The second kappa shape index (κ2) is 8.81. The van der Waals surface area contributed by atoms with Crippen LogP contribution in [0.25, 0.3) is 0 Å². The molecule has 0 spiro atoms. The van der Waals surface area contributed by atoms with Crippen LogP contribution in [0, 0.1) is 11.8 Å². The molecule has 0 saturated carbocycles. The minimum atomic E-state index is 0.173. The van der Waals surface area contributed by atoms with Crippen molar-refractivity contribution in [1.29, 1.82) is 0 Å². The second-order valence-corrected chi connectivity index (χ2v) is 7.67. The Kier molecular flexibility index (Phi) is 6.49. The third-order valence-electron chi connectivity index (χ3n) is 6.02. The zero-order valence-corrected chi connectivity index (χ0v) is 15.8. The molecule has 1 amide bonds. The molecule has 4 nitrogen and oxygen atoms in total. The van der Waals surface area contributed by atoms with Crippen molar-refractivity contribution in [1.82, 2.24) is 15.5 Å². The summed E-state index contributed by atoms with van der Waals surface area (Å²) >= 11 is 0. The lowest BCUT2D eigenvalue weighted by Gasteiger charge is -2.38. The van der Waals surface area contributed by atoms with Crippen LogP contribution < -0.4 is 10.6 Å². The summed E-state index contributed by atoms with van der Waals surface area (Å²) < 4.78 is 0. The van der Waals surface area contributed by atoms with E-state index in [0.717, 1.165) is 39.1 Å². The van der Waals surface area contributed by atoms with Gasteiger partial charge in [-0.05, 0) is 55.3 Å². The van der Waals surface area contributed by atoms with Crippen molar-refractivity contribution < 1.29 is 4.79 Å². The minimum absolute atomic E-state index is 0.173. The highest BCUT2D eigenvalue weighted by Gasteiger charge is 2.30. The molecule has 1 aromatic carbocycles.